The molecule has 4 nitrogen and oxygen atoms in total. The molecule has 0 bridgehead atoms. The maximum Gasteiger partial charge on any atom is 0.137 e. The van der Waals surface area contributed by atoms with E-state index in [-0.39, 0.29) is 0 Å². The maximum atomic E-state index is 4.46. The zero-order chi connectivity index (χ0) is 16.5. The summed E-state index contributed by atoms with van der Waals surface area (Å²) in [6, 6.07) is 13.1. The lowest BCUT2D eigenvalue weighted by atomic mass is 10.0. The van der Waals surface area contributed by atoms with Crippen molar-refractivity contribution in [3.8, 4) is 0 Å². The minimum absolute atomic E-state index is 0.492. The molecule has 24 heavy (non-hydrogen) atoms. The highest BCUT2D eigenvalue weighted by Gasteiger charge is 2.11. The highest BCUT2D eigenvalue weighted by atomic mass is 15.0. The van der Waals surface area contributed by atoms with Crippen LogP contribution >= 0.6 is 0 Å². The summed E-state index contributed by atoms with van der Waals surface area (Å²) in [6.07, 6.45) is 1.63. The van der Waals surface area contributed by atoms with E-state index >= 15 is 0 Å². The van der Waals surface area contributed by atoms with E-state index in [4.69, 9.17) is 0 Å². The molecule has 4 rings (SSSR count). The van der Waals surface area contributed by atoms with Gasteiger partial charge < -0.3 is 10.6 Å². The van der Waals surface area contributed by atoms with Crippen LogP contribution in [-0.2, 0) is 19.6 Å². The Labute approximate surface area is 142 Å². The van der Waals surface area contributed by atoms with Gasteiger partial charge in [-0.3, -0.25) is 0 Å². The Morgan fingerprint density at radius 2 is 1.92 bits per heavy atom. The highest BCUT2D eigenvalue weighted by molar-refractivity contribution is 5.89. The number of fused-ring (bicyclic) bond motifs is 2. The number of nitrogens with one attached hydrogen (secondary N) is 2. The number of anilines is 1. The van der Waals surface area contributed by atoms with E-state index in [0.29, 0.717) is 5.92 Å². The molecular weight excluding hydrogens is 296 g/mol. The molecule has 0 unspecified atom stereocenters. The van der Waals surface area contributed by atoms with Crippen molar-refractivity contribution < 1.29 is 0 Å². The van der Waals surface area contributed by atoms with Crippen molar-refractivity contribution in [1.29, 1.82) is 0 Å². The predicted octanol–water partition coefficient (Wildman–Crippen LogP) is 3.97. The van der Waals surface area contributed by atoms with Gasteiger partial charge in [-0.25, -0.2) is 9.97 Å². The monoisotopic (exact) mass is 318 g/mol. The Bertz CT molecular complexity index is 886. The molecule has 2 N–H and O–H groups in total. The van der Waals surface area contributed by atoms with Crippen LogP contribution in [0.25, 0.3) is 10.9 Å². The molecule has 3 aromatic rings. The van der Waals surface area contributed by atoms with Crippen LogP contribution in [-0.4, -0.2) is 9.97 Å². The summed E-state index contributed by atoms with van der Waals surface area (Å²) in [7, 11) is 0. The van der Waals surface area contributed by atoms with Crippen molar-refractivity contribution in [2.24, 2.45) is 0 Å². The van der Waals surface area contributed by atoms with Gasteiger partial charge in [-0.1, -0.05) is 38.1 Å². The van der Waals surface area contributed by atoms with Gasteiger partial charge in [-0.05, 0) is 40.3 Å². The molecule has 1 aromatic heterocycles. The van der Waals surface area contributed by atoms with Gasteiger partial charge in [0.05, 0.1) is 5.52 Å². The second-order valence-electron chi connectivity index (χ2n) is 6.71. The number of rotatable bonds is 4. The molecule has 0 aliphatic carbocycles. The Morgan fingerprint density at radius 1 is 1.04 bits per heavy atom. The molecule has 4 heteroatoms. The second-order valence-corrected chi connectivity index (χ2v) is 6.71. The van der Waals surface area contributed by atoms with Crippen LogP contribution in [0.15, 0.2) is 42.7 Å². The van der Waals surface area contributed by atoms with Gasteiger partial charge >= 0.3 is 0 Å². The molecule has 0 saturated heterocycles. The van der Waals surface area contributed by atoms with Crippen LogP contribution in [0.3, 0.4) is 0 Å². The molecule has 0 radical (unpaired) electrons. The Balaban J connectivity index is 1.61. The molecule has 2 aromatic carbocycles. The van der Waals surface area contributed by atoms with Crippen molar-refractivity contribution in [2.45, 2.75) is 39.4 Å². The number of nitrogens with zero attached hydrogens (tertiary/aromatic N) is 2. The lowest BCUT2D eigenvalue weighted by molar-refractivity contribution is 0.764. The molecular formula is C20H22N4. The molecule has 122 valence electrons. The van der Waals surface area contributed by atoms with Crippen molar-refractivity contribution in [3.05, 3.63) is 65.0 Å². The van der Waals surface area contributed by atoms with Crippen LogP contribution < -0.4 is 10.6 Å². The lowest BCUT2D eigenvalue weighted by Gasteiger charge is -2.11. The van der Waals surface area contributed by atoms with E-state index in [1.807, 2.05) is 0 Å². The van der Waals surface area contributed by atoms with Crippen molar-refractivity contribution in [3.63, 3.8) is 0 Å². The van der Waals surface area contributed by atoms with E-state index < -0.39 is 0 Å². The molecule has 0 spiro atoms. The molecule has 0 atom stereocenters. The van der Waals surface area contributed by atoms with Crippen LogP contribution in [0.4, 0.5) is 5.82 Å². The maximum absolute atomic E-state index is 4.46. The normalized spacial score (nSPS) is 13.5. The molecule has 0 fully saturated rings. The van der Waals surface area contributed by atoms with Gasteiger partial charge in [0.1, 0.15) is 12.1 Å². The molecule has 0 saturated carbocycles. The van der Waals surface area contributed by atoms with Crippen LogP contribution in [0.1, 0.15) is 42.0 Å². The third kappa shape index (κ3) is 2.85. The van der Waals surface area contributed by atoms with E-state index in [1.165, 1.54) is 22.3 Å². The van der Waals surface area contributed by atoms with Crippen molar-refractivity contribution in [1.82, 2.24) is 15.3 Å². The smallest absolute Gasteiger partial charge is 0.137 e. The first kappa shape index (κ1) is 15.1. The number of benzene rings is 2. The van der Waals surface area contributed by atoms with Gasteiger partial charge in [0, 0.05) is 25.0 Å². The minimum atomic E-state index is 0.492. The van der Waals surface area contributed by atoms with Gasteiger partial charge in [0.15, 0.2) is 0 Å². The summed E-state index contributed by atoms with van der Waals surface area (Å²) in [5.74, 6) is 1.40. The van der Waals surface area contributed by atoms with E-state index in [1.54, 1.807) is 6.33 Å². The quantitative estimate of drug-likeness (QED) is 0.764. The summed E-state index contributed by atoms with van der Waals surface area (Å²) < 4.78 is 0. The number of hydrogen-bond acceptors (Lipinski definition) is 4. The van der Waals surface area contributed by atoms with E-state index in [2.05, 4.69) is 70.8 Å². The summed E-state index contributed by atoms with van der Waals surface area (Å²) in [4.78, 5) is 8.85. The summed E-state index contributed by atoms with van der Waals surface area (Å²) >= 11 is 0. The zero-order valence-corrected chi connectivity index (χ0v) is 14.1. The first-order chi connectivity index (χ1) is 11.7. The van der Waals surface area contributed by atoms with Gasteiger partial charge in [0.25, 0.3) is 0 Å². The van der Waals surface area contributed by atoms with Crippen LogP contribution in [0.2, 0.25) is 0 Å². The van der Waals surface area contributed by atoms with Crippen LogP contribution in [0, 0.1) is 0 Å². The molecule has 0 amide bonds. The summed E-state index contributed by atoms with van der Waals surface area (Å²) in [6.45, 7) is 7.13. The van der Waals surface area contributed by atoms with E-state index in [0.717, 1.165) is 36.4 Å². The standard InChI is InChI=1S/C20H22N4/c1-13(2)15-5-6-19-18(8-15)20(24-12-23-19)22-9-14-3-4-16-10-21-11-17(16)7-14/h3-8,12-13,21H,9-11H2,1-2H3,(H,22,23,24). The third-order valence-corrected chi connectivity index (χ3v) is 4.69. The molecule has 1 aliphatic heterocycles. The topological polar surface area (TPSA) is 49.8 Å². The van der Waals surface area contributed by atoms with Crippen LogP contribution in [0.5, 0.6) is 0 Å². The SMILES string of the molecule is CC(C)c1ccc2ncnc(NCc3ccc4c(c3)CNC4)c2c1. The summed E-state index contributed by atoms with van der Waals surface area (Å²) in [5.41, 5.74) is 6.39. The fraction of sp³-hybridized carbons (Fsp3) is 0.300. The second kappa shape index (κ2) is 6.21. The average Bonchev–Trinajstić information content (AvgIpc) is 3.07. The first-order valence-corrected chi connectivity index (χ1v) is 8.50. The van der Waals surface area contributed by atoms with Crippen molar-refractivity contribution in [2.75, 3.05) is 5.32 Å². The number of hydrogen-bond donors (Lipinski definition) is 2. The van der Waals surface area contributed by atoms with Gasteiger partial charge in [0.2, 0.25) is 0 Å². The fourth-order valence-corrected chi connectivity index (χ4v) is 3.22. The van der Waals surface area contributed by atoms with Gasteiger partial charge in [-0.2, -0.15) is 0 Å². The average molecular weight is 318 g/mol. The third-order valence-electron chi connectivity index (χ3n) is 4.69. The Morgan fingerprint density at radius 3 is 2.79 bits per heavy atom. The van der Waals surface area contributed by atoms with Crippen molar-refractivity contribution >= 4 is 16.7 Å². The molecule has 1 aliphatic rings. The summed E-state index contributed by atoms with van der Waals surface area (Å²) in [5, 5.41) is 7.97. The largest absolute Gasteiger partial charge is 0.365 e. The Hall–Kier alpha value is -2.46. The van der Waals surface area contributed by atoms with E-state index in [9.17, 15) is 0 Å². The Kier molecular flexibility index (Phi) is 3.90. The first-order valence-electron chi connectivity index (χ1n) is 8.50. The van der Waals surface area contributed by atoms with Gasteiger partial charge in [-0.15, -0.1) is 0 Å². The highest BCUT2D eigenvalue weighted by Crippen LogP contribution is 2.25. The minimum Gasteiger partial charge on any atom is -0.365 e. The fourth-order valence-electron chi connectivity index (χ4n) is 3.22. The predicted molar refractivity (Wildman–Crippen MR) is 97.9 cm³/mol. The zero-order valence-electron chi connectivity index (χ0n) is 14.1. The number of aromatic nitrogens is 2. The molecule has 2 heterocycles. The lowest BCUT2D eigenvalue weighted by Crippen LogP contribution is -2.03.